The summed E-state index contributed by atoms with van der Waals surface area (Å²) in [6, 6.07) is 24.2. The van der Waals surface area contributed by atoms with E-state index in [4.69, 9.17) is 0 Å². The molecule has 0 atom stereocenters. The molecule has 142 valence electrons. The first-order valence-corrected chi connectivity index (χ1v) is 9.27. The van der Waals surface area contributed by atoms with Gasteiger partial charge in [0.2, 0.25) is 0 Å². The summed E-state index contributed by atoms with van der Waals surface area (Å²) < 4.78 is 0. The number of aromatic nitrogens is 1. The maximum atomic E-state index is 12.6. The van der Waals surface area contributed by atoms with Gasteiger partial charge in [-0.15, -0.1) is 0 Å². The average molecular weight is 381 g/mol. The summed E-state index contributed by atoms with van der Waals surface area (Å²) in [6.07, 6.45) is 3.16. The first kappa shape index (κ1) is 18.4. The monoisotopic (exact) mass is 381 g/mol. The highest BCUT2D eigenvalue weighted by Gasteiger charge is 2.09. The van der Waals surface area contributed by atoms with Crippen molar-refractivity contribution in [2.45, 2.75) is 6.54 Å². The van der Waals surface area contributed by atoms with E-state index in [-0.39, 0.29) is 11.8 Å². The molecular weight excluding hydrogens is 362 g/mol. The molecule has 0 fully saturated rings. The van der Waals surface area contributed by atoms with E-state index in [1.165, 1.54) is 0 Å². The van der Waals surface area contributed by atoms with Gasteiger partial charge in [-0.2, -0.15) is 0 Å². The van der Waals surface area contributed by atoms with Crippen molar-refractivity contribution >= 4 is 28.3 Å². The number of nitrogens with one attached hydrogen (secondary N) is 2. The largest absolute Gasteiger partial charge is 0.348 e. The lowest BCUT2D eigenvalue weighted by Gasteiger charge is -2.09. The number of amides is 2. The molecule has 4 rings (SSSR count). The summed E-state index contributed by atoms with van der Waals surface area (Å²) in [5.41, 5.74) is 2.84. The molecule has 4 aromatic rings. The predicted octanol–water partition coefficient (Wildman–Crippen LogP) is 4.42. The fraction of sp³-hybridized carbons (Fsp3) is 0.0417. The van der Waals surface area contributed by atoms with Crippen LogP contribution in [0.25, 0.3) is 10.8 Å². The van der Waals surface area contributed by atoms with Gasteiger partial charge < -0.3 is 10.6 Å². The Morgan fingerprint density at radius 2 is 1.48 bits per heavy atom. The third-order valence-corrected chi connectivity index (χ3v) is 4.64. The van der Waals surface area contributed by atoms with Crippen molar-refractivity contribution in [2.24, 2.45) is 0 Å². The van der Waals surface area contributed by atoms with Crippen LogP contribution in [0.5, 0.6) is 0 Å². The minimum absolute atomic E-state index is 0.114. The summed E-state index contributed by atoms with van der Waals surface area (Å²) in [5.74, 6) is -0.304. The molecule has 0 saturated carbocycles. The zero-order chi connectivity index (χ0) is 20.1. The second-order valence-electron chi connectivity index (χ2n) is 6.60. The summed E-state index contributed by atoms with van der Waals surface area (Å²) in [6.45, 7) is 0.403. The second-order valence-corrected chi connectivity index (χ2v) is 6.60. The van der Waals surface area contributed by atoms with E-state index in [9.17, 15) is 9.59 Å². The van der Waals surface area contributed by atoms with Crippen LogP contribution < -0.4 is 10.6 Å². The summed E-state index contributed by atoms with van der Waals surface area (Å²) in [7, 11) is 0. The molecular formula is C24H19N3O2. The fourth-order valence-corrected chi connectivity index (χ4v) is 3.11. The lowest BCUT2D eigenvalue weighted by atomic mass is 10.0. The first-order valence-electron chi connectivity index (χ1n) is 9.27. The molecule has 29 heavy (non-hydrogen) atoms. The van der Waals surface area contributed by atoms with Gasteiger partial charge in [-0.05, 0) is 46.7 Å². The van der Waals surface area contributed by atoms with Gasteiger partial charge in [0.1, 0.15) is 0 Å². The Bertz CT molecular complexity index is 1150. The van der Waals surface area contributed by atoms with Crippen LogP contribution in [-0.4, -0.2) is 16.8 Å². The van der Waals surface area contributed by atoms with E-state index < -0.39 is 0 Å². The van der Waals surface area contributed by atoms with Crippen molar-refractivity contribution in [1.82, 2.24) is 10.3 Å². The standard InChI is InChI=1S/C24H19N3O2/c28-23(19-12-14-25-15-13-19)27-20-10-8-17(9-11-20)16-26-24(29)22-7-3-5-18-4-1-2-6-21(18)22/h1-15H,16H2,(H,26,29)(H,27,28). The molecule has 5 heteroatoms. The number of carbonyl (C=O) groups excluding carboxylic acids is 2. The van der Waals surface area contributed by atoms with Crippen molar-refractivity contribution < 1.29 is 9.59 Å². The van der Waals surface area contributed by atoms with E-state index in [1.54, 1.807) is 24.5 Å². The van der Waals surface area contributed by atoms with Gasteiger partial charge in [0.25, 0.3) is 11.8 Å². The van der Waals surface area contributed by atoms with Crippen LogP contribution in [0, 0.1) is 0 Å². The molecule has 0 aliphatic rings. The number of anilines is 1. The van der Waals surface area contributed by atoms with Gasteiger partial charge in [0.05, 0.1) is 0 Å². The number of fused-ring (bicyclic) bond motifs is 1. The number of pyridine rings is 1. The first-order chi connectivity index (χ1) is 14.2. The molecule has 5 nitrogen and oxygen atoms in total. The second kappa shape index (κ2) is 8.35. The predicted molar refractivity (Wildman–Crippen MR) is 114 cm³/mol. The van der Waals surface area contributed by atoms with Gasteiger partial charge in [0, 0.05) is 35.8 Å². The molecule has 1 aromatic heterocycles. The highest BCUT2D eigenvalue weighted by atomic mass is 16.2. The number of nitrogens with zero attached hydrogens (tertiary/aromatic N) is 1. The molecule has 0 bridgehead atoms. The molecule has 1 heterocycles. The summed E-state index contributed by atoms with van der Waals surface area (Å²) in [4.78, 5) is 28.7. The Morgan fingerprint density at radius 1 is 0.759 bits per heavy atom. The van der Waals surface area contributed by atoms with Crippen LogP contribution in [0.3, 0.4) is 0 Å². The minimum atomic E-state index is -0.190. The minimum Gasteiger partial charge on any atom is -0.348 e. The Kier molecular flexibility index (Phi) is 5.29. The molecule has 0 aliphatic heterocycles. The quantitative estimate of drug-likeness (QED) is 0.538. The maximum absolute atomic E-state index is 12.6. The zero-order valence-electron chi connectivity index (χ0n) is 15.6. The van der Waals surface area contributed by atoms with E-state index >= 15 is 0 Å². The van der Waals surface area contributed by atoms with Gasteiger partial charge in [-0.3, -0.25) is 14.6 Å². The number of carbonyl (C=O) groups is 2. The third kappa shape index (κ3) is 4.30. The molecule has 3 aromatic carbocycles. The van der Waals surface area contributed by atoms with Crippen LogP contribution in [0.2, 0.25) is 0 Å². The van der Waals surface area contributed by atoms with Gasteiger partial charge in [-0.25, -0.2) is 0 Å². The average Bonchev–Trinajstić information content (AvgIpc) is 2.78. The Hall–Kier alpha value is -3.99. The van der Waals surface area contributed by atoms with E-state index in [1.807, 2.05) is 66.7 Å². The SMILES string of the molecule is O=C(Nc1ccc(CNC(=O)c2cccc3ccccc23)cc1)c1ccncc1. The summed E-state index contributed by atoms with van der Waals surface area (Å²) in [5, 5.41) is 7.77. The van der Waals surface area contributed by atoms with Crippen molar-refractivity contribution in [3.8, 4) is 0 Å². The zero-order valence-corrected chi connectivity index (χ0v) is 15.6. The van der Waals surface area contributed by atoms with Crippen molar-refractivity contribution in [1.29, 1.82) is 0 Å². The molecule has 0 spiro atoms. The normalized spacial score (nSPS) is 10.5. The van der Waals surface area contributed by atoms with Gasteiger partial charge in [-0.1, -0.05) is 48.5 Å². The Labute approximate surface area is 168 Å². The van der Waals surface area contributed by atoms with Crippen LogP contribution >= 0.6 is 0 Å². The van der Waals surface area contributed by atoms with Crippen LogP contribution in [-0.2, 0) is 6.54 Å². The van der Waals surface area contributed by atoms with E-state index in [2.05, 4.69) is 15.6 Å². The van der Waals surface area contributed by atoms with Crippen molar-refractivity contribution in [3.63, 3.8) is 0 Å². The number of hydrogen-bond donors (Lipinski definition) is 2. The number of benzene rings is 3. The summed E-state index contributed by atoms with van der Waals surface area (Å²) >= 11 is 0. The third-order valence-electron chi connectivity index (χ3n) is 4.64. The topological polar surface area (TPSA) is 71.1 Å². The highest BCUT2D eigenvalue weighted by molar-refractivity contribution is 6.07. The molecule has 0 radical (unpaired) electrons. The Morgan fingerprint density at radius 3 is 2.28 bits per heavy atom. The molecule has 0 saturated heterocycles. The van der Waals surface area contributed by atoms with Gasteiger partial charge >= 0.3 is 0 Å². The maximum Gasteiger partial charge on any atom is 0.255 e. The van der Waals surface area contributed by atoms with Crippen molar-refractivity contribution in [3.05, 3.63) is 108 Å². The van der Waals surface area contributed by atoms with Crippen LogP contribution in [0.4, 0.5) is 5.69 Å². The van der Waals surface area contributed by atoms with Crippen LogP contribution in [0.1, 0.15) is 26.3 Å². The molecule has 0 unspecified atom stereocenters. The molecule has 2 N–H and O–H groups in total. The van der Waals surface area contributed by atoms with Gasteiger partial charge in [0.15, 0.2) is 0 Å². The number of hydrogen-bond acceptors (Lipinski definition) is 3. The smallest absolute Gasteiger partial charge is 0.255 e. The van der Waals surface area contributed by atoms with Crippen molar-refractivity contribution in [2.75, 3.05) is 5.32 Å². The fourth-order valence-electron chi connectivity index (χ4n) is 3.11. The molecule has 2 amide bonds. The number of rotatable bonds is 5. The highest BCUT2D eigenvalue weighted by Crippen LogP contribution is 2.18. The molecule has 0 aliphatic carbocycles. The van der Waals surface area contributed by atoms with Crippen LogP contribution in [0.15, 0.2) is 91.3 Å². The lowest BCUT2D eigenvalue weighted by molar-refractivity contribution is 0.0951. The lowest BCUT2D eigenvalue weighted by Crippen LogP contribution is -2.23. The van der Waals surface area contributed by atoms with E-state index in [0.29, 0.717) is 23.4 Å². The Balaban J connectivity index is 1.39. The van der Waals surface area contributed by atoms with E-state index in [0.717, 1.165) is 16.3 Å².